The maximum atomic E-state index is 4.73. The molecule has 0 spiro atoms. The third-order valence-corrected chi connectivity index (χ3v) is 3.46. The third kappa shape index (κ3) is 3.86. The van der Waals surface area contributed by atoms with E-state index in [4.69, 9.17) is 4.98 Å². The fourth-order valence-electron chi connectivity index (χ4n) is 2.18. The Bertz CT molecular complexity index is 755. The summed E-state index contributed by atoms with van der Waals surface area (Å²) in [7, 11) is 0. The zero-order valence-corrected chi connectivity index (χ0v) is 13.3. The highest BCUT2D eigenvalue weighted by Gasteiger charge is 2.10. The molecule has 0 saturated carbocycles. The Morgan fingerprint density at radius 2 is 1.26 bits per heavy atom. The average molecular weight is 304 g/mol. The second-order valence-electron chi connectivity index (χ2n) is 5.63. The minimum absolute atomic E-state index is 0.324. The van der Waals surface area contributed by atoms with Crippen LogP contribution in [0.1, 0.15) is 25.5 Å². The summed E-state index contributed by atoms with van der Waals surface area (Å²) in [5, 5.41) is 6.67. The van der Waals surface area contributed by atoms with E-state index in [1.165, 1.54) is 0 Å². The summed E-state index contributed by atoms with van der Waals surface area (Å²) in [5.41, 5.74) is 2.93. The zero-order chi connectivity index (χ0) is 16.1. The monoisotopic (exact) mass is 304 g/mol. The molecule has 3 rings (SSSR count). The van der Waals surface area contributed by atoms with E-state index < -0.39 is 0 Å². The fraction of sp³-hybridized carbons (Fsp3) is 0.158. The van der Waals surface area contributed by atoms with E-state index in [9.17, 15) is 0 Å². The van der Waals surface area contributed by atoms with Crippen LogP contribution in [0.2, 0.25) is 0 Å². The molecule has 0 unspecified atom stereocenters. The predicted molar refractivity (Wildman–Crippen MR) is 95.6 cm³/mol. The summed E-state index contributed by atoms with van der Waals surface area (Å²) >= 11 is 0. The van der Waals surface area contributed by atoms with Crippen LogP contribution < -0.4 is 10.6 Å². The average Bonchev–Trinajstić information content (AvgIpc) is 2.58. The first-order valence-electron chi connectivity index (χ1n) is 7.73. The van der Waals surface area contributed by atoms with Crippen molar-refractivity contribution in [3.8, 4) is 0 Å². The number of nitrogens with one attached hydrogen (secondary N) is 2. The molecular formula is C19H20N4. The van der Waals surface area contributed by atoms with Gasteiger partial charge in [-0.3, -0.25) is 0 Å². The molecule has 0 bridgehead atoms. The Balaban J connectivity index is 1.94. The Labute approximate surface area is 136 Å². The highest BCUT2D eigenvalue weighted by atomic mass is 15.1. The van der Waals surface area contributed by atoms with Gasteiger partial charge in [0.2, 0.25) is 0 Å². The molecule has 1 aromatic heterocycles. The van der Waals surface area contributed by atoms with Crippen molar-refractivity contribution < 1.29 is 0 Å². The van der Waals surface area contributed by atoms with Crippen LogP contribution in [0.5, 0.6) is 0 Å². The van der Waals surface area contributed by atoms with E-state index in [1.54, 1.807) is 0 Å². The van der Waals surface area contributed by atoms with Crippen molar-refractivity contribution in [2.75, 3.05) is 10.6 Å². The standard InChI is InChI=1S/C19H20N4/c1-14(2)17-13-20-18(21-15-9-5-3-6-10-15)19(23-17)22-16-11-7-4-8-12-16/h3-14H,1-2H3,(H,20,21)(H,22,23). The van der Waals surface area contributed by atoms with E-state index in [-0.39, 0.29) is 0 Å². The maximum Gasteiger partial charge on any atom is 0.174 e. The Morgan fingerprint density at radius 1 is 0.739 bits per heavy atom. The molecule has 0 aliphatic heterocycles. The topological polar surface area (TPSA) is 49.8 Å². The molecule has 4 heteroatoms. The molecule has 0 atom stereocenters. The van der Waals surface area contributed by atoms with Gasteiger partial charge >= 0.3 is 0 Å². The van der Waals surface area contributed by atoms with Crippen LogP contribution in [0.4, 0.5) is 23.0 Å². The van der Waals surface area contributed by atoms with E-state index in [0.29, 0.717) is 11.7 Å². The first kappa shape index (κ1) is 15.0. The number of hydrogen-bond acceptors (Lipinski definition) is 4. The second kappa shape index (κ2) is 6.92. The molecule has 0 aliphatic carbocycles. The molecule has 2 N–H and O–H groups in total. The number of para-hydroxylation sites is 2. The first-order chi connectivity index (χ1) is 11.2. The Morgan fingerprint density at radius 3 is 1.78 bits per heavy atom. The molecule has 2 aromatic carbocycles. The number of aromatic nitrogens is 2. The minimum Gasteiger partial charge on any atom is -0.337 e. The molecular weight excluding hydrogens is 284 g/mol. The molecule has 116 valence electrons. The van der Waals surface area contributed by atoms with E-state index >= 15 is 0 Å². The second-order valence-corrected chi connectivity index (χ2v) is 5.63. The van der Waals surface area contributed by atoms with Gasteiger partial charge in [-0.25, -0.2) is 9.97 Å². The van der Waals surface area contributed by atoms with Crippen LogP contribution in [0.25, 0.3) is 0 Å². The van der Waals surface area contributed by atoms with Crippen molar-refractivity contribution in [3.05, 3.63) is 72.6 Å². The fourth-order valence-corrected chi connectivity index (χ4v) is 2.18. The largest absolute Gasteiger partial charge is 0.337 e. The lowest BCUT2D eigenvalue weighted by molar-refractivity contribution is 0.815. The molecule has 0 amide bonds. The summed E-state index contributed by atoms with van der Waals surface area (Å²) in [5.74, 6) is 1.76. The van der Waals surface area contributed by atoms with Gasteiger partial charge in [0, 0.05) is 11.4 Å². The van der Waals surface area contributed by atoms with Gasteiger partial charge in [0.05, 0.1) is 11.9 Å². The van der Waals surface area contributed by atoms with Crippen molar-refractivity contribution >= 4 is 23.0 Å². The van der Waals surface area contributed by atoms with Crippen LogP contribution in [-0.4, -0.2) is 9.97 Å². The SMILES string of the molecule is CC(C)c1cnc(Nc2ccccc2)c(Nc2ccccc2)n1. The van der Waals surface area contributed by atoms with Crippen LogP contribution in [0.3, 0.4) is 0 Å². The summed E-state index contributed by atoms with van der Waals surface area (Å²) in [6, 6.07) is 20.0. The summed E-state index contributed by atoms with van der Waals surface area (Å²) in [6.07, 6.45) is 1.83. The lowest BCUT2D eigenvalue weighted by Gasteiger charge is -2.14. The molecule has 0 radical (unpaired) electrons. The van der Waals surface area contributed by atoms with Crippen LogP contribution >= 0.6 is 0 Å². The van der Waals surface area contributed by atoms with Crippen molar-refractivity contribution in [2.45, 2.75) is 19.8 Å². The van der Waals surface area contributed by atoms with Gasteiger partial charge in [-0.15, -0.1) is 0 Å². The Kier molecular flexibility index (Phi) is 4.52. The molecule has 4 nitrogen and oxygen atoms in total. The lowest BCUT2D eigenvalue weighted by atomic mass is 10.1. The van der Waals surface area contributed by atoms with Crippen molar-refractivity contribution in [3.63, 3.8) is 0 Å². The predicted octanol–water partition coefficient (Wildman–Crippen LogP) is 5.09. The van der Waals surface area contributed by atoms with Gasteiger partial charge in [-0.1, -0.05) is 50.2 Å². The molecule has 1 heterocycles. The first-order valence-corrected chi connectivity index (χ1v) is 7.73. The quantitative estimate of drug-likeness (QED) is 0.689. The number of benzene rings is 2. The van der Waals surface area contributed by atoms with Gasteiger partial charge in [0.25, 0.3) is 0 Å². The normalized spacial score (nSPS) is 10.6. The number of hydrogen-bond donors (Lipinski definition) is 2. The van der Waals surface area contributed by atoms with Gasteiger partial charge in [-0.2, -0.15) is 0 Å². The smallest absolute Gasteiger partial charge is 0.174 e. The van der Waals surface area contributed by atoms with Crippen LogP contribution in [0.15, 0.2) is 66.9 Å². The molecule has 0 fully saturated rings. The highest BCUT2D eigenvalue weighted by Crippen LogP contribution is 2.26. The van der Waals surface area contributed by atoms with Crippen LogP contribution in [-0.2, 0) is 0 Å². The highest BCUT2D eigenvalue weighted by molar-refractivity contribution is 5.72. The number of nitrogens with zero attached hydrogens (tertiary/aromatic N) is 2. The van der Waals surface area contributed by atoms with Crippen molar-refractivity contribution in [1.82, 2.24) is 9.97 Å². The lowest BCUT2D eigenvalue weighted by Crippen LogP contribution is -2.05. The van der Waals surface area contributed by atoms with Crippen molar-refractivity contribution in [1.29, 1.82) is 0 Å². The molecule has 3 aromatic rings. The van der Waals surface area contributed by atoms with Gasteiger partial charge < -0.3 is 10.6 Å². The number of rotatable bonds is 5. The summed E-state index contributed by atoms with van der Waals surface area (Å²) < 4.78 is 0. The zero-order valence-electron chi connectivity index (χ0n) is 13.3. The Hall–Kier alpha value is -2.88. The van der Waals surface area contributed by atoms with Crippen LogP contribution in [0, 0.1) is 0 Å². The van der Waals surface area contributed by atoms with E-state index in [2.05, 4.69) is 29.5 Å². The van der Waals surface area contributed by atoms with Gasteiger partial charge in [0.15, 0.2) is 11.6 Å². The van der Waals surface area contributed by atoms with Gasteiger partial charge in [0.1, 0.15) is 0 Å². The van der Waals surface area contributed by atoms with E-state index in [1.807, 2.05) is 66.9 Å². The summed E-state index contributed by atoms with van der Waals surface area (Å²) in [6.45, 7) is 4.22. The summed E-state index contributed by atoms with van der Waals surface area (Å²) in [4.78, 5) is 9.28. The third-order valence-electron chi connectivity index (χ3n) is 3.46. The van der Waals surface area contributed by atoms with Gasteiger partial charge in [-0.05, 0) is 30.2 Å². The molecule has 0 saturated heterocycles. The number of anilines is 4. The molecule has 0 aliphatic rings. The maximum absolute atomic E-state index is 4.73. The van der Waals surface area contributed by atoms with E-state index in [0.717, 1.165) is 22.9 Å². The van der Waals surface area contributed by atoms with Crippen molar-refractivity contribution in [2.24, 2.45) is 0 Å². The molecule has 23 heavy (non-hydrogen) atoms. The minimum atomic E-state index is 0.324.